The van der Waals surface area contributed by atoms with Crippen molar-refractivity contribution in [3.05, 3.63) is 65.7 Å². The van der Waals surface area contributed by atoms with E-state index < -0.39 is 0 Å². The Labute approximate surface area is 126 Å². The average molecular weight is 287 g/mol. The molecule has 0 atom stereocenters. The highest BCUT2D eigenvalue weighted by molar-refractivity contribution is 5.95. The Bertz CT molecular complexity index is 986. The molecule has 0 saturated heterocycles. The van der Waals surface area contributed by atoms with Gasteiger partial charge in [0.1, 0.15) is 0 Å². The zero-order chi connectivity index (χ0) is 14.9. The highest BCUT2D eigenvalue weighted by Crippen LogP contribution is 2.20. The van der Waals surface area contributed by atoms with Crippen molar-refractivity contribution in [2.75, 3.05) is 0 Å². The van der Waals surface area contributed by atoms with Crippen molar-refractivity contribution in [1.82, 2.24) is 20.0 Å². The van der Waals surface area contributed by atoms with E-state index in [0.717, 1.165) is 22.2 Å². The summed E-state index contributed by atoms with van der Waals surface area (Å²) in [5, 5.41) is 13.1. The van der Waals surface area contributed by atoms with Gasteiger partial charge in [0.15, 0.2) is 5.65 Å². The van der Waals surface area contributed by atoms with E-state index in [0.29, 0.717) is 5.65 Å². The Hall–Kier alpha value is -3.08. The van der Waals surface area contributed by atoms with Crippen LogP contribution in [0, 0.1) is 6.92 Å². The molecule has 2 heterocycles. The molecule has 0 aliphatic carbocycles. The fourth-order valence-electron chi connectivity index (χ4n) is 2.47. The van der Waals surface area contributed by atoms with E-state index in [1.807, 2.05) is 30.3 Å². The van der Waals surface area contributed by atoms with Gasteiger partial charge in [0.25, 0.3) is 0 Å². The van der Waals surface area contributed by atoms with E-state index in [4.69, 9.17) is 0 Å². The number of hydrogen-bond acceptors (Lipinski definition) is 4. The monoisotopic (exact) mass is 287 g/mol. The molecule has 106 valence electrons. The molecule has 2 aromatic heterocycles. The molecule has 0 unspecified atom stereocenters. The van der Waals surface area contributed by atoms with Crippen molar-refractivity contribution in [1.29, 1.82) is 0 Å². The molecule has 0 aliphatic rings. The maximum absolute atomic E-state index is 4.50. The molecular weight excluding hydrogens is 274 g/mol. The van der Waals surface area contributed by atoms with Crippen LogP contribution in [0.15, 0.2) is 59.6 Å². The fourth-order valence-corrected chi connectivity index (χ4v) is 2.47. The summed E-state index contributed by atoms with van der Waals surface area (Å²) in [4.78, 5) is 4.50. The molecule has 0 radical (unpaired) electrons. The number of aliphatic imine (C=N–C) groups is 1. The number of fused-ring (bicyclic) bond motifs is 3. The van der Waals surface area contributed by atoms with Crippen LogP contribution in [0.3, 0.4) is 0 Å². The minimum absolute atomic E-state index is 0.706. The first-order chi connectivity index (χ1) is 10.8. The summed E-state index contributed by atoms with van der Waals surface area (Å²) in [6.45, 7) is 2.06. The Kier molecular flexibility index (Phi) is 2.89. The fraction of sp³-hybridized carbons (Fsp3) is 0.0588. The maximum Gasteiger partial charge on any atom is 0.188 e. The first-order valence-electron chi connectivity index (χ1n) is 7.02. The molecule has 4 rings (SSSR count). The predicted molar refractivity (Wildman–Crippen MR) is 86.7 cm³/mol. The second-order valence-corrected chi connectivity index (χ2v) is 5.17. The number of para-hydroxylation sites is 1. The van der Waals surface area contributed by atoms with Crippen LogP contribution in [0.2, 0.25) is 0 Å². The van der Waals surface area contributed by atoms with E-state index in [1.165, 1.54) is 5.56 Å². The Morgan fingerprint density at radius 3 is 2.77 bits per heavy atom. The average Bonchev–Trinajstić information content (AvgIpc) is 3.04. The highest BCUT2D eigenvalue weighted by Gasteiger charge is 2.08. The molecule has 5 heteroatoms. The van der Waals surface area contributed by atoms with Crippen LogP contribution in [0.5, 0.6) is 0 Å². The van der Waals surface area contributed by atoms with Gasteiger partial charge in [-0.15, -0.1) is 5.10 Å². The highest BCUT2D eigenvalue weighted by atomic mass is 15.5. The Morgan fingerprint density at radius 2 is 1.91 bits per heavy atom. The zero-order valence-corrected chi connectivity index (χ0v) is 12.0. The number of nitrogens with zero attached hydrogens (tertiary/aromatic N) is 5. The summed E-state index contributed by atoms with van der Waals surface area (Å²) in [5.41, 5.74) is 4.67. The molecule has 2 aromatic carbocycles. The van der Waals surface area contributed by atoms with Crippen LogP contribution in [0.1, 0.15) is 11.1 Å². The lowest BCUT2D eigenvalue weighted by molar-refractivity contribution is 0.841. The number of tetrazole rings is 1. The summed E-state index contributed by atoms with van der Waals surface area (Å²) >= 11 is 0. The molecule has 0 N–H and O–H groups in total. The third kappa shape index (κ3) is 2.13. The van der Waals surface area contributed by atoms with Crippen molar-refractivity contribution in [3.8, 4) is 0 Å². The van der Waals surface area contributed by atoms with Crippen molar-refractivity contribution in [2.24, 2.45) is 4.99 Å². The largest absolute Gasteiger partial charge is 0.256 e. The molecule has 4 aromatic rings. The number of aryl methyl sites for hydroxylation is 1. The SMILES string of the molecule is Cc1ccc2cc(C=Nc3ccccc3)c3nnnn3c2c1. The normalized spacial score (nSPS) is 11.7. The van der Waals surface area contributed by atoms with Crippen molar-refractivity contribution in [2.45, 2.75) is 6.92 Å². The van der Waals surface area contributed by atoms with E-state index in [1.54, 1.807) is 10.7 Å². The minimum atomic E-state index is 0.706. The van der Waals surface area contributed by atoms with Gasteiger partial charge in [0.05, 0.1) is 11.2 Å². The van der Waals surface area contributed by atoms with Gasteiger partial charge < -0.3 is 0 Å². The van der Waals surface area contributed by atoms with Crippen LogP contribution >= 0.6 is 0 Å². The lowest BCUT2D eigenvalue weighted by atomic mass is 10.1. The summed E-state index contributed by atoms with van der Waals surface area (Å²) in [6.07, 6.45) is 1.81. The summed E-state index contributed by atoms with van der Waals surface area (Å²) in [7, 11) is 0. The van der Waals surface area contributed by atoms with Gasteiger partial charge >= 0.3 is 0 Å². The van der Waals surface area contributed by atoms with Crippen LogP contribution in [-0.2, 0) is 0 Å². The number of pyridine rings is 1. The van der Waals surface area contributed by atoms with Crippen LogP contribution in [-0.4, -0.2) is 26.3 Å². The molecule has 0 amide bonds. The maximum atomic E-state index is 4.50. The molecule has 22 heavy (non-hydrogen) atoms. The molecular formula is C17H13N5. The molecule has 0 spiro atoms. The van der Waals surface area contributed by atoms with Crippen molar-refractivity contribution < 1.29 is 0 Å². The number of benzene rings is 2. The van der Waals surface area contributed by atoms with Gasteiger partial charge in [-0.05, 0) is 47.2 Å². The van der Waals surface area contributed by atoms with E-state index in [-0.39, 0.29) is 0 Å². The standard InChI is InChI=1S/C17H13N5/c1-12-7-8-13-10-14(11-18-15-5-3-2-4-6-15)17-19-20-21-22(17)16(13)9-12/h2-11H,1H3. The Morgan fingerprint density at radius 1 is 1.05 bits per heavy atom. The second kappa shape index (κ2) is 5.04. The van der Waals surface area contributed by atoms with Crippen molar-refractivity contribution in [3.63, 3.8) is 0 Å². The quantitative estimate of drug-likeness (QED) is 0.531. The smallest absolute Gasteiger partial charge is 0.188 e. The van der Waals surface area contributed by atoms with E-state index in [2.05, 4.69) is 51.7 Å². The molecule has 0 fully saturated rings. The second-order valence-electron chi connectivity index (χ2n) is 5.17. The number of hydrogen-bond donors (Lipinski definition) is 0. The summed E-state index contributed by atoms with van der Waals surface area (Å²) in [6, 6.07) is 18.1. The van der Waals surface area contributed by atoms with Gasteiger partial charge in [-0.1, -0.05) is 30.3 Å². The van der Waals surface area contributed by atoms with Crippen LogP contribution in [0.4, 0.5) is 5.69 Å². The van der Waals surface area contributed by atoms with Gasteiger partial charge in [0, 0.05) is 17.2 Å². The van der Waals surface area contributed by atoms with Crippen LogP contribution in [0.25, 0.3) is 16.6 Å². The number of aromatic nitrogens is 4. The molecule has 0 bridgehead atoms. The first-order valence-corrected chi connectivity index (χ1v) is 7.02. The van der Waals surface area contributed by atoms with E-state index >= 15 is 0 Å². The predicted octanol–water partition coefficient (Wildman–Crippen LogP) is 3.34. The molecule has 5 nitrogen and oxygen atoms in total. The van der Waals surface area contributed by atoms with Gasteiger partial charge in [-0.3, -0.25) is 4.99 Å². The van der Waals surface area contributed by atoms with Gasteiger partial charge in [-0.25, -0.2) is 0 Å². The third-order valence-corrected chi connectivity index (χ3v) is 3.56. The van der Waals surface area contributed by atoms with Crippen molar-refractivity contribution >= 4 is 28.5 Å². The lowest BCUT2D eigenvalue weighted by Crippen LogP contribution is -1.96. The van der Waals surface area contributed by atoms with E-state index in [9.17, 15) is 0 Å². The first kappa shape index (κ1) is 12.6. The summed E-state index contributed by atoms with van der Waals surface area (Å²) in [5.74, 6) is 0. The molecule has 0 aliphatic heterocycles. The topological polar surface area (TPSA) is 55.4 Å². The zero-order valence-electron chi connectivity index (χ0n) is 12.0. The summed E-state index contributed by atoms with van der Waals surface area (Å²) < 4.78 is 1.76. The Balaban J connectivity index is 1.91. The third-order valence-electron chi connectivity index (χ3n) is 3.56. The molecule has 0 saturated carbocycles. The van der Waals surface area contributed by atoms with Crippen LogP contribution < -0.4 is 0 Å². The lowest BCUT2D eigenvalue weighted by Gasteiger charge is -2.04. The number of rotatable bonds is 2. The van der Waals surface area contributed by atoms with Gasteiger partial charge in [0.2, 0.25) is 0 Å². The minimum Gasteiger partial charge on any atom is -0.256 e. The van der Waals surface area contributed by atoms with Gasteiger partial charge in [-0.2, -0.15) is 4.52 Å².